The Hall–Kier alpha value is -3.26. The van der Waals surface area contributed by atoms with E-state index in [0.717, 1.165) is 21.3 Å². The first-order chi connectivity index (χ1) is 14.5. The number of nitro benzene ring substituents is 1. The van der Waals surface area contributed by atoms with E-state index in [1.54, 1.807) is 24.3 Å². The minimum Gasteiger partial charge on any atom is -0.464 e. The zero-order valence-corrected chi connectivity index (χ0v) is 17.1. The van der Waals surface area contributed by atoms with Crippen LogP contribution in [0.15, 0.2) is 76.3 Å². The van der Waals surface area contributed by atoms with Crippen LogP contribution in [0, 0.1) is 15.9 Å². The minimum atomic E-state index is -0.610. The van der Waals surface area contributed by atoms with Crippen molar-refractivity contribution in [1.29, 1.82) is 0 Å². The van der Waals surface area contributed by atoms with E-state index in [4.69, 9.17) is 9.84 Å². The molecule has 0 bridgehead atoms. The lowest BCUT2D eigenvalue weighted by atomic mass is 9.96. The Morgan fingerprint density at radius 2 is 1.93 bits per heavy atom. The summed E-state index contributed by atoms with van der Waals surface area (Å²) < 4.78 is 20.5. The van der Waals surface area contributed by atoms with Crippen LogP contribution in [0.3, 0.4) is 0 Å². The lowest BCUT2D eigenvalue weighted by molar-refractivity contribution is -0.385. The van der Waals surface area contributed by atoms with E-state index in [2.05, 4.69) is 15.9 Å². The van der Waals surface area contributed by atoms with Gasteiger partial charge < -0.3 is 4.74 Å². The standard InChI is InChI=1S/C22H15BrFN3O3/c23-15-6-9-21-18(11-15)20-12-19(13-4-7-16(24)8-5-13)25-26(20)22(30-21)14-2-1-3-17(10-14)27(28)29/h1-11,20,22H,12H2/t20-,22+/m1/s1. The van der Waals surface area contributed by atoms with Gasteiger partial charge in [-0.1, -0.05) is 40.2 Å². The van der Waals surface area contributed by atoms with Crippen molar-refractivity contribution in [3.8, 4) is 5.75 Å². The van der Waals surface area contributed by atoms with Crippen LogP contribution in [0.25, 0.3) is 0 Å². The third kappa shape index (κ3) is 3.23. The summed E-state index contributed by atoms with van der Waals surface area (Å²) in [6, 6.07) is 18.3. The molecule has 3 aromatic rings. The number of fused-ring (bicyclic) bond motifs is 3. The molecule has 8 heteroatoms. The van der Waals surface area contributed by atoms with Gasteiger partial charge in [0.2, 0.25) is 6.23 Å². The van der Waals surface area contributed by atoms with E-state index in [-0.39, 0.29) is 17.5 Å². The second-order valence-corrected chi connectivity index (χ2v) is 8.07. The van der Waals surface area contributed by atoms with Gasteiger partial charge in [0.05, 0.1) is 16.7 Å². The number of ether oxygens (including phenoxy) is 1. The number of nitrogens with zero attached hydrogens (tertiary/aromatic N) is 3. The van der Waals surface area contributed by atoms with E-state index in [1.807, 2.05) is 23.2 Å². The SMILES string of the molecule is O=[N+]([O-])c1cccc([C@@H]2Oc3ccc(Br)cc3[C@H]3CC(c4ccc(F)cc4)=NN32)c1. The molecule has 30 heavy (non-hydrogen) atoms. The van der Waals surface area contributed by atoms with Gasteiger partial charge in [0.1, 0.15) is 11.6 Å². The molecule has 0 N–H and O–H groups in total. The van der Waals surface area contributed by atoms with Crippen molar-refractivity contribution in [3.63, 3.8) is 0 Å². The summed E-state index contributed by atoms with van der Waals surface area (Å²) in [6.45, 7) is 0. The summed E-state index contributed by atoms with van der Waals surface area (Å²) in [6.07, 6.45) is 0.00525. The molecule has 2 aliphatic heterocycles. The zero-order valence-electron chi connectivity index (χ0n) is 15.5. The average molecular weight is 468 g/mol. The van der Waals surface area contributed by atoms with Gasteiger partial charge >= 0.3 is 0 Å². The van der Waals surface area contributed by atoms with E-state index in [9.17, 15) is 14.5 Å². The largest absolute Gasteiger partial charge is 0.464 e. The third-order valence-corrected chi connectivity index (χ3v) is 5.79. The molecule has 0 amide bonds. The Morgan fingerprint density at radius 1 is 1.13 bits per heavy atom. The first kappa shape index (κ1) is 18.7. The zero-order chi connectivity index (χ0) is 20.8. The van der Waals surface area contributed by atoms with Gasteiger partial charge in [0, 0.05) is 34.2 Å². The van der Waals surface area contributed by atoms with Crippen molar-refractivity contribution in [1.82, 2.24) is 5.01 Å². The predicted octanol–water partition coefficient (Wildman–Crippen LogP) is 5.74. The summed E-state index contributed by atoms with van der Waals surface area (Å²) in [7, 11) is 0. The first-order valence-corrected chi connectivity index (χ1v) is 10.1. The van der Waals surface area contributed by atoms with Crippen LogP contribution in [0.2, 0.25) is 0 Å². The fourth-order valence-electron chi connectivity index (χ4n) is 3.89. The van der Waals surface area contributed by atoms with Gasteiger partial charge in [-0.15, -0.1) is 0 Å². The Labute approximate surface area is 179 Å². The van der Waals surface area contributed by atoms with E-state index in [1.165, 1.54) is 24.3 Å². The molecule has 3 aromatic carbocycles. The molecule has 5 rings (SSSR count). The number of hydrogen-bond acceptors (Lipinski definition) is 5. The van der Waals surface area contributed by atoms with Crippen molar-refractivity contribution < 1.29 is 14.1 Å². The molecule has 0 aromatic heterocycles. The van der Waals surface area contributed by atoms with Gasteiger partial charge in [-0.2, -0.15) is 5.10 Å². The Bertz CT molecular complexity index is 1180. The molecule has 0 saturated carbocycles. The normalized spacial score (nSPS) is 19.5. The predicted molar refractivity (Wildman–Crippen MR) is 113 cm³/mol. The molecule has 150 valence electrons. The molecule has 0 spiro atoms. The third-order valence-electron chi connectivity index (χ3n) is 5.30. The molecular formula is C22H15BrFN3O3. The van der Waals surface area contributed by atoms with Crippen molar-refractivity contribution in [2.75, 3.05) is 0 Å². The van der Waals surface area contributed by atoms with Crippen LogP contribution in [-0.4, -0.2) is 15.6 Å². The molecule has 0 fully saturated rings. The van der Waals surface area contributed by atoms with Crippen molar-refractivity contribution in [3.05, 3.63) is 104 Å². The molecule has 0 radical (unpaired) electrons. The number of nitro groups is 1. The van der Waals surface area contributed by atoms with Gasteiger partial charge in [0.15, 0.2) is 0 Å². The number of hydrazone groups is 1. The van der Waals surface area contributed by atoms with Crippen molar-refractivity contribution in [2.24, 2.45) is 5.10 Å². The number of hydrogen-bond donors (Lipinski definition) is 0. The van der Waals surface area contributed by atoms with Crippen molar-refractivity contribution in [2.45, 2.75) is 18.7 Å². The van der Waals surface area contributed by atoms with Crippen LogP contribution in [0.4, 0.5) is 10.1 Å². The number of benzene rings is 3. The van der Waals surface area contributed by atoms with E-state index >= 15 is 0 Å². The van der Waals surface area contributed by atoms with Gasteiger partial charge in [-0.3, -0.25) is 10.1 Å². The molecule has 6 nitrogen and oxygen atoms in total. The second-order valence-electron chi connectivity index (χ2n) is 7.16. The highest BCUT2D eigenvalue weighted by atomic mass is 79.9. The maximum Gasteiger partial charge on any atom is 0.269 e. The van der Waals surface area contributed by atoms with Crippen LogP contribution < -0.4 is 4.74 Å². The number of non-ortho nitro benzene ring substituents is 1. The second kappa shape index (κ2) is 7.21. The summed E-state index contributed by atoms with van der Waals surface area (Å²) in [4.78, 5) is 10.8. The quantitative estimate of drug-likeness (QED) is 0.363. The van der Waals surface area contributed by atoms with Crippen LogP contribution in [-0.2, 0) is 0 Å². The lowest BCUT2D eigenvalue weighted by Crippen LogP contribution is -2.33. The maximum absolute atomic E-state index is 13.4. The monoisotopic (exact) mass is 467 g/mol. The molecule has 2 heterocycles. The fourth-order valence-corrected chi connectivity index (χ4v) is 4.27. The topological polar surface area (TPSA) is 68.0 Å². The Morgan fingerprint density at radius 3 is 2.70 bits per heavy atom. The highest BCUT2D eigenvalue weighted by Gasteiger charge is 2.41. The van der Waals surface area contributed by atoms with E-state index < -0.39 is 11.2 Å². The molecule has 0 unspecified atom stereocenters. The highest BCUT2D eigenvalue weighted by Crippen LogP contribution is 2.48. The molecule has 2 atom stereocenters. The molecular weight excluding hydrogens is 453 g/mol. The van der Waals surface area contributed by atoms with Gasteiger partial charge in [-0.25, -0.2) is 9.40 Å². The van der Waals surface area contributed by atoms with Gasteiger partial charge in [0.25, 0.3) is 5.69 Å². The van der Waals surface area contributed by atoms with Crippen LogP contribution in [0.5, 0.6) is 5.75 Å². The van der Waals surface area contributed by atoms with Gasteiger partial charge in [-0.05, 0) is 35.9 Å². The molecule has 2 aliphatic rings. The molecule has 0 aliphatic carbocycles. The van der Waals surface area contributed by atoms with E-state index in [0.29, 0.717) is 17.7 Å². The van der Waals surface area contributed by atoms with Crippen LogP contribution >= 0.6 is 15.9 Å². The maximum atomic E-state index is 13.4. The summed E-state index contributed by atoms with van der Waals surface area (Å²) >= 11 is 3.51. The summed E-state index contributed by atoms with van der Waals surface area (Å²) in [5.74, 6) is 0.411. The smallest absolute Gasteiger partial charge is 0.269 e. The minimum absolute atomic E-state index is 0.00353. The lowest BCUT2D eigenvalue weighted by Gasteiger charge is -2.38. The Kier molecular flexibility index (Phi) is 4.51. The average Bonchev–Trinajstić information content (AvgIpc) is 3.19. The Balaban J connectivity index is 1.60. The molecule has 0 saturated heterocycles. The highest BCUT2D eigenvalue weighted by molar-refractivity contribution is 9.10. The summed E-state index contributed by atoms with van der Waals surface area (Å²) in [5, 5.41) is 17.9. The van der Waals surface area contributed by atoms with Crippen molar-refractivity contribution >= 4 is 27.3 Å². The number of rotatable bonds is 3. The van der Waals surface area contributed by atoms with Crippen LogP contribution in [0.1, 0.15) is 35.4 Å². The first-order valence-electron chi connectivity index (χ1n) is 9.32. The fraction of sp³-hybridized carbons (Fsp3) is 0.136. The number of halogens is 2. The summed E-state index contributed by atoms with van der Waals surface area (Å²) in [5.41, 5.74) is 3.27.